The topological polar surface area (TPSA) is 52.7 Å². The van der Waals surface area contributed by atoms with Gasteiger partial charge in [0, 0.05) is 30.4 Å². The van der Waals surface area contributed by atoms with Gasteiger partial charge in [0.1, 0.15) is 0 Å². The Bertz CT molecular complexity index is 1050. The number of fused-ring (bicyclic) bond motifs is 1. The number of para-hydroxylation sites is 1. The lowest BCUT2D eigenvalue weighted by atomic mass is 10.0. The van der Waals surface area contributed by atoms with E-state index in [9.17, 15) is 9.59 Å². The summed E-state index contributed by atoms with van der Waals surface area (Å²) >= 11 is 0. The molecule has 1 aliphatic rings. The van der Waals surface area contributed by atoms with E-state index < -0.39 is 0 Å². The summed E-state index contributed by atoms with van der Waals surface area (Å²) < 4.78 is 0. The number of amides is 3. The molecule has 2 atom stereocenters. The molecule has 1 N–H and O–H groups in total. The maximum absolute atomic E-state index is 13.4. The fourth-order valence-corrected chi connectivity index (χ4v) is 4.24. The van der Waals surface area contributed by atoms with Crippen LogP contribution in [0.5, 0.6) is 0 Å². The van der Waals surface area contributed by atoms with Gasteiger partial charge in [-0.25, -0.2) is 4.79 Å². The Labute approximate surface area is 183 Å². The van der Waals surface area contributed by atoms with E-state index in [-0.39, 0.29) is 24.0 Å². The van der Waals surface area contributed by atoms with Gasteiger partial charge in [0.05, 0.1) is 6.04 Å². The molecule has 3 amide bonds. The van der Waals surface area contributed by atoms with E-state index in [0.29, 0.717) is 18.7 Å². The average molecular weight is 414 g/mol. The van der Waals surface area contributed by atoms with Gasteiger partial charge in [-0.3, -0.25) is 4.79 Å². The van der Waals surface area contributed by atoms with Crippen LogP contribution >= 0.6 is 0 Å². The van der Waals surface area contributed by atoms with E-state index in [1.54, 1.807) is 4.90 Å². The molecule has 0 aliphatic carbocycles. The second kappa shape index (κ2) is 9.04. The molecule has 0 fully saturated rings. The Morgan fingerprint density at radius 3 is 2.19 bits per heavy atom. The van der Waals surface area contributed by atoms with Gasteiger partial charge in [-0.1, -0.05) is 66.7 Å². The Hall–Kier alpha value is -3.60. The zero-order chi connectivity index (χ0) is 21.8. The number of carbonyl (C=O) groups is 2. The van der Waals surface area contributed by atoms with E-state index in [1.807, 2.05) is 104 Å². The largest absolute Gasteiger partial charge is 0.334 e. The number of rotatable bonds is 3. The first-order valence-corrected chi connectivity index (χ1v) is 10.6. The maximum Gasteiger partial charge on any atom is 0.318 e. The third kappa shape index (κ3) is 4.31. The molecule has 0 unspecified atom stereocenters. The first-order chi connectivity index (χ1) is 15.1. The molecule has 1 aliphatic heterocycles. The van der Waals surface area contributed by atoms with Crippen LogP contribution in [-0.2, 0) is 6.54 Å². The molecule has 0 aromatic heterocycles. The lowest BCUT2D eigenvalue weighted by Crippen LogP contribution is -2.49. The number of anilines is 1. The summed E-state index contributed by atoms with van der Waals surface area (Å²) in [5.41, 5.74) is 3.51. The molecule has 0 saturated carbocycles. The standard InChI is InChI=1S/C26H27N3O2/c1-19-18-28(25(30)22-13-7-4-8-14-22)24-16-10-9-15-23(24)20(2)29(19)26(31)27-17-21-11-5-3-6-12-21/h3-16,19-20H,17-18H2,1-2H3,(H,27,31)/t19-,20+/m1/s1. The van der Waals surface area contributed by atoms with Crippen molar-refractivity contribution < 1.29 is 9.59 Å². The van der Waals surface area contributed by atoms with Crippen LogP contribution < -0.4 is 10.2 Å². The number of urea groups is 1. The molecule has 4 rings (SSSR count). The Kier molecular flexibility index (Phi) is 6.03. The highest BCUT2D eigenvalue weighted by atomic mass is 16.2. The molecular weight excluding hydrogens is 386 g/mol. The lowest BCUT2D eigenvalue weighted by Gasteiger charge is -2.33. The Balaban J connectivity index is 1.62. The van der Waals surface area contributed by atoms with Crippen molar-refractivity contribution in [2.24, 2.45) is 0 Å². The van der Waals surface area contributed by atoms with Crippen LogP contribution in [0.1, 0.15) is 41.4 Å². The summed E-state index contributed by atoms with van der Waals surface area (Å²) in [6.45, 7) is 4.90. The van der Waals surface area contributed by atoms with Crippen molar-refractivity contribution in [1.29, 1.82) is 0 Å². The number of hydrogen-bond acceptors (Lipinski definition) is 2. The van der Waals surface area contributed by atoms with Crippen molar-refractivity contribution in [3.8, 4) is 0 Å². The van der Waals surface area contributed by atoms with Crippen LogP contribution in [0.2, 0.25) is 0 Å². The number of nitrogens with one attached hydrogen (secondary N) is 1. The lowest BCUT2D eigenvalue weighted by molar-refractivity contribution is 0.0977. The minimum absolute atomic E-state index is 0.0568. The average Bonchev–Trinajstić information content (AvgIpc) is 2.92. The van der Waals surface area contributed by atoms with Crippen LogP contribution in [0.25, 0.3) is 0 Å². The SMILES string of the molecule is C[C@@H]1CN(C(=O)c2ccccc2)c2ccccc2[C@H](C)N1C(=O)NCc1ccccc1. The van der Waals surface area contributed by atoms with Crippen LogP contribution in [-0.4, -0.2) is 29.4 Å². The van der Waals surface area contributed by atoms with E-state index in [1.165, 1.54) is 0 Å². The zero-order valence-corrected chi connectivity index (χ0v) is 17.9. The second-order valence-corrected chi connectivity index (χ2v) is 7.92. The van der Waals surface area contributed by atoms with Gasteiger partial charge in [-0.15, -0.1) is 0 Å². The van der Waals surface area contributed by atoms with Crippen LogP contribution in [0.15, 0.2) is 84.9 Å². The molecule has 158 valence electrons. The molecule has 3 aromatic rings. The third-order valence-electron chi connectivity index (χ3n) is 5.80. The van der Waals surface area contributed by atoms with Gasteiger partial charge in [0.15, 0.2) is 0 Å². The van der Waals surface area contributed by atoms with Crippen LogP contribution in [0.3, 0.4) is 0 Å². The van der Waals surface area contributed by atoms with Crippen LogP contribution in [0.4, 0.5) is 10.5 Å². The monoisotopic (exact) mass is 413 g/mol. The van der Waals surface area contributed by atoms with E-state index in [0.717, 1.165) is 16.8 Å². The van der Waals surface area contributed by atoms with Gasteiger partial charge in [0.25, 0.3) is 5.91 Å². The number of nitrogens with zero attached hydrogens (tertiary/aromatic N) is 2. The van der Waals surface area contributed by atoms with Crippen molar-refractivity contribution in [1.82, 2.24) is 10.2 Å². The highest BCUT2D eigenvalue weighted by Crippen LogP contribution is 2.35. The molecule has 31 heavy (non-hydrogen) atoms. The van der Waals surface area contributed by atoms with E-state index in [2.05, 4.69) is 5.32 Å². The normalized spacial score (nSPS) is 18.1. The quantitative estimate of drug-likeness (QED) is 0.656. The molecule has 5 heteroatoms. The molecule has 5 nitrogen and oxygen atoms in total. The van der Waals surface area contributed by atoms with Crippen molar-refractivity contribution in [3.63, 3.8) is 0 Å². The molecule has 1 heterocycles. The highest BCUT2D eigenvalue weighted by Gasteiger charge is 2.35. The van der Waals surface area contributed by atoms with E-state index >= 15 is 0 Å². The minimum Gasteiger partial charge on any atom is -0.334 e. The van der Waals surface area contributed by atoms with Crippen LogP contribution in [0, 0.1) is 0 Å². The Morgan fingerprint density at radius 2 is 1.48 bits per heavy atom. The van der Waals surface area contributed by atoms with E-state index in [4.69, 9.17) is 0 Å². The molecule has 0 radical (unpaired) electrons. The minimum atomic E-state index is -0.171. The van der Waals surface area contributed by atoms with Gasteiger partial charge >= 0.3 is 6.03 Å². The predicted octanol–water partition coefficient (Wildman–Crippen LogP) is 5.01. The maximum atomic E-state index is 13.4. The fourth-order valence-electron chi connectivity index (χ4n) is 4.24. The smallest absolute Gasteiger partial charge is 0.318 e. The summed E-state index contributed by atoms with van der Waals surface area (Å²) in [5.74, 6) is -0.0568. The molecule has 0 bridgehead atoms. The first-order valence-electron chi connectivity index (χ1n) is 10.6. The summed E-state index contributed by atoms with van der Waals surface area (Å²) in [6.07, 6.45) is 0. The van der Waals surface area contributed by atoms with Crippen molar-refractivity contribution in [2.45, 2.75) is 32.5 Å². The number of benzene rings is 3. The number of carbonyl (C=O) groups excluding carboxylic acids is 2. The van der Waals surface area contributed by atoms with Gasteiger partial charge in [-0.2, -0.15) is 0 Å². The molecule has 0 saturated heterocycles. The van der Waals surface area contributed by atoms with Crippen molar-refractivity contribution in [2.75, 3.05) is 11.4 Å². The van der Waals surface area contributed by atoms with Gasteiger partial charge in [0.2, 0.25) is 0 Å². The highest BCUT2D eigenvalue weighted by molar-refractivity contribution is 6.06. The first kappa shape index (κ1) is 20.7. The second-order valence-electron chi connectivity index (χ2n) is 7.92. The third-order valence-corrected chi connectivity index (χ3v) is 5.80. The zero-order valence-electron chi connectivity index (χ0n) is 17.9. The summed E-state index contributed by atoms with van der Waals surface area (Å²) in [5, 5.41) is 3.05. The Morgan fingerprint density at radius 1 is 0.871 bits per heavy atom. The molecular formula is C26H27N3O2. The molecule has 0 spiro atoms. The van der Waals surface area contributed by atoms with Gasteiger partial charge < -0.3 is 15.1 Å². The summed E-state index contributed by atoms with van der Waals surface area (Å²) in [4.78, 5) is 30.2. The summed E-state index contributed by atoms with van der Waals surface area (Å²) in [6, 6.07) is 26.5. The fraction of sp³-hybridized carbons (Fsp3) is 0.231. The van der Waals surface area contributed by atoms with Crippen molar-refractivity contribution >= 4 is 17.6 Å². The van der Waals surface area contributed by atoms with Crippen molar-refractivity contribution in [3.05, 3.63) is 102 Å². The number of hydrogen-bond donors (Lipinski definition) is 1. The van der Waals surface area contributed by atoms with Gasteiger partial charge in [-0.05, 0) is 43.2 Å². The molecule has 3 aromatic carbocycles. The summed E-state index contributed by atoms with van der Waals surface area (Å²) in [7, 11) is 0. The predicted molar refractivity (Wildman–Crippen MR) is 123 cm³/mol.